The highest BCUT2D eigenvalue weighted by Crippen LogP contribution is 2.37. The maximum absolute atomic E-state index is 5.77. The molecule has 3 rings (SSSR count). The Kier molecular flexibility index (Phi) is 1.29. The maximum atomic E-state index is 5.77. The molecular formula is C11H11N3. The van der Waals surface area contributed by atoms with E-state index >= 15 is 0 Å². The third-order valence-corrected chi connectivity index (χ3v) is 2.80. The van der Waals surface area contributed by atoms with Crippen molar-refractivity contribution in [3.63, 3.8) is 0 Å². The minimum Gasteiger partial charge on any atom is -0.382 e. The molecule has 3 nitrogen and oxygen atoms in total. The summed E-state index contributed by atoms with van der Waals surface area (Å²) in [6.07, 6.45) is 0.910. The van der Waals surface area contributed by atoms with Gasteiger partial charge in [-0.2, -0.15) is 5.10 Å². The predicted molar refractivity (Wildman–Crippen MR) is 56.0 cm³/mol. The van der Waals surface area contributed by atoms with Crippen molar-refractivity contribution >= 4 is 5.82 Å². The average Bonchev–Trinajstić information content (AvgIpc) is 2.67. The van der Waals surface area contributed by atoms with Gasteiger partial charge in [-0.1, -0.05) is 17.7 Å². The van der Waals surface area contributed by atoms with E-state index in [9.17, 15) is 0 Å². The minimum atomic E-state index is 0.633. The van der Waals surface area contributed by atoms with Gasteiger partial charge in [0.1, 0.15) is 5.82 Å². The maximum Gasteiger partial charge on any atom is 0.149 e. The number of rotatable bonds is 0. The second-order valence-electron chi connectivity index (χ2n) is 3.80. The molecule has 14 heavy (non-hydrogen) atoms. The first-order valence-electron chi connectivity index (χ1n) is 4.68. The van der Waals surface area contributed by atoms with Gasteiger partial charge in [-0.25, -0.2) is 0 Å². The van der Waals surface area contributed by atoms with Crippen LogP contribution in [0, 0.1) is 6.92 Å². The van der Waals surface area contributed by atoms with Crippen LogP contribution in [0.5, 0.6) is 0 Å². The van der Waals surface area contributed by atoms with Crippen LogP contribution in [0.2, 0.25) is 0 Å². The molecule has 0 aliphatic heterocycles. The summed E-state index contributed by atoms with van der Waals surface area (Å²) in [6, 6.07) is 6.48. The van der Waals surface area contributed by atoms with Crippen LogP contribution < -0.4 is 5.73 Å². The van der Waals surface area contributed by atoms with E-state index in [4.69, 9.17) is 5.73 Å². The Morgan fingerprint density at radius 2 is 2.29 bits per heavy atom. The van der Waals surface area contributed by atoms with E-state index in [1.165, 1.54) is 16.7 Å². The van der Waals surface area contributed by atoms with Crippen LogP contribution in [-0.4, -0.2) is 10.2 Å². The minimum absolute atomic E-state index is 0.633. The third-order valence-electron chi connectivity index (χ3n) is 2.80. The second kappa shape index (κ2) is 2.38. The van der Waals surface area contributed by atoms with Gasteiger partial charge >= 0.3 is 0 Å². The van der Waals surface area contributed by atoms with E-state index in [1.54, 1.807) is 0 Å². The number of anilines is 1. The molecule has 0 spiro atoms. The molecule has 1 aliphatic carbocycles. The molecule has 0 amide bonds. The fraction of sp³-hybridized carbons (Fsp3) is 0.182. The van der Waals surface area contributed by atoms with Gasteiger partial charge in [-0.3, -0.25) is 5.10 Å². The molecule has 0 saturated heterocycles. The molecule has 0 bridgehead atoms. The van der Waals surface area contributed by atoms with E-state index in [0.717, 1.165) is 17.7 Å². The van der Waals surface area contributed by atoms with E-state index in [1.807, 2.05) is 0 Å². The quantitative estimate of drug-likeness (QED) is 0.561. The summed E-state index contributed by atoms with van der Waals surface area (Å²) >= 11 is 0. The number of nitrogens with one attached hydrogen (secondary N) is 1. The number of nitrogens with zero attached hydrogens (tertiary/aromatic N) is 1. The summed E-state index contributed by atoms with van der Waals surface area (Å²) in [5, 5.41) is 7.01. The SMILES string of the molecule is Cc1ccc2c(c1)-c1[nH]nc(N)c1C2. The number of nitrogen functional groups attached to an aromatic ring is 1. The van der Waals surface area contributed by atoms with Gasteiger partial charge in [-0.15, -0.1) is 0 Å². The van der Waals surface area contributed by atoms with Crippen LogP contribution in [0.1, 0.15) is 16.7 Å². The zero-order valence-corrected chi connectivity index (χ0v) is 7.96. The molecule has 3 N–H and O–H groups in total. The number of aromatic nitrogens is 2. The molecule has 0 fully saturated rings. The molecule has 0 radical (unpaired) electrons. The van der Waals surface area contributed by atoms with Gasteiger partial charge in [0, 0.05) is 17.5 Å². The summed E-state index contributed by atoms with van der Waals surface area (Å²) in [5.41, 5.74) is 11.9. The van der Waals surface area contributed by atoms with Crippen molar-refractivity contribution in [1.29, 1.82) is 0 Å². The van der Waals surface area contributed by atoms with E-state index < -0.39 is 0 Å². The predicted octanol–water partition coefficient (Wildman–Crippen LogP) is 1.87. The number of H-pyrrole nitrogens is 1. The lowest BCUT2D eigenvalue weighted by molar-refractivity contribution is 1.10. The number of hydrogen-bond donors (Lipinski definition) is 2. The number of fused-ring (bicyclic) bond motifs is 3. The van der Waals surface area contributed by atoms with Crippen LogP contribution in [0.4, 0.5) is 5.82 Å². The van der Waals surface area contributed by atoms with Gasteiger partial charge in [0.15, 0.2) is 0 Å². The molecule has 1 aromatic carbocycles. The third kappa shape index (κ3) is 0.839. The lowest BCUT2D eigenvalue weighted by Gasteiger charge is -1.99. The molecule has 70 valence electrons. The van der Waals surface area contributed by atoms with Crippen LogP contribution in [0.25, 0.3) is 11.3 Å². The van der Waals surface area contributed by atoms with Crippen LogP contribution in [0.15, 0.2) is 18.2 Å². The number of aryl methyl sites for hydroxylation is 1. The van der Waals surface area contributed by atoms with Crippen molar-refractivity contribution in [1.82, 2.24) is 10.2 Å². The van der Waals surface area contributed by atoms with Crippen molar-refractivity contribution in [2.24, 2.45) is 0 Å². The van der Waals surface area contributed by atoms with E-state index in [0.29, 0.717) is 5.82 Å². The largest absolute Gasteiger partial charge is 0.382 e. The van der Waals surface area contributed by atoms with Gasteiger partial charge in [0.25, 0.3) is 0 Å². The molecule has 0 saturated carbocycles. The Morgan fingerprint density at radius 1 is 1.43 bits per heavy atom. The van der Waals surface area contributed by atoms with Crippen molar-refractivity contribution < 1.29 is 0 Å². The second-order valence-corrected chi connectivity index (χ2v) is 3.80. The first kappa shape index (κ1) is 7.62. The Hall–Kier alpha value is -1.77. The van der Waals surface area contributed by atoms with Gasteiger partial charge in [0.2, 0.25) is 0 Å². The summed E-state index contributed by atoms with van der Waals surface area (Å²) in [6.45, 7) is 2.10. The van der Waals surface area contributed by atoms with Crippen LogP contribution in [0.3, 0.4) is 0 Å². The van der Waals surface area contributed by atoms with Crippen molar-refractivity contribution in [2.45, 2.75) is 13.3 Å². The summed E-state index contributed by atoms with van der Waals surface area (Å²) in [7, 11) is 0. The van der Waals surface area contributed by atoms with Gasteiger partial charge in [0.05, 0.1) is 5.69 Å². The highest BCUT2D eigenvalue weighted by molar-refractivity contribution is 5.77. The van der Waals surface area contributed by atoms with Crippen LogP contribution >= 0.6 is 0 Å². The zero-order chi connectivity index (χ0) is 9.71. The van der Waals surface area contributed by atoms with Crippen molar-refractivity contribution in [3.05, 3.63) is 34.9 Å². The average molecular weight is 185 g/mol. The van der Waals surface area contributed by atoms with Crippen molar-refractivity contribution in [2.75, 3.05) is 5.73 Å². The summed E-state index contributed by atoms with van der Waals surface area (Å²) < 4.78 is 0. The van der Waals surface area contributed by atoms with E-state index in [-0.39, 0.29) is 0 Å². The zero-order valence-electron chi connectivity index (χ0n) is 7.96. The standard InChI is InChI=1S/C11H11N3/c1-6-2-3-7-5-9-10(8(7)4-6)13-14-11(9)12/h2-4H,5H2,1H3,(H3,12,13,14). The Balaban J connectivity index is 2.29. The lowest BCUT2D eigenvalue weighted by atomic mass is 10.1. The molecule has 1 aromatic heterocycles. The molecule has 0 atom stereocenters. The Morgan fingerprint density at radius 3 is 3.14 bits per heavy atom. The topological polar surface area (TPSA) is 54.7 Å². The number of benzene rings is 1. The lowest BCUT2D eigenvalue weighted by Crippen LogP contribution is -1.90. The molecule has 1 aliphatic rings. The fourth-order valence-corrected chi connectivity index (χ4v) is 2.05. The Labute approximate surface area is 81.9 Å². The number of aromatic amines is 1. The smallest absolute Gasteiger partial charge is 0.149 e. The van der Waals surface area contributed by atoms with Gasteiger partial charge in [-0.05, 0) is 18.6 Å². The first-order chi connectivity index (χ1) is 6.75. The monoisotopic (exact) mass is 185 g/mol. The molecule has 3 heteroatoms. The number of hydrogen-bond acceptors (Lipinski definition) is 2. The molecule has 0 unspecified atom stereocenters. The highest BCUT2D eigenvalue weighted by Gasteiger charge is 2.22. The van der Waals surface area contributed by atoms with Crippen molar-refractivity contribution in [3.8, 4) is 11.3 Å². The van der Waals surface area contributed by atoms with Crippen LogP contribution in [-0.2, 0) is 6.42 Å². The first-order valence-corrected chi connectivity index (χ1v) is 4.68. The molecule has 2 aromatic rings. The molecule has 1 heterocycles. The normalized spacial score (nSPS) is 12.6. The highest BCUT2D eigenvalue weighted by atomic mass is 15.2. The fourth-order valence-electron chi connectivity index (χ4n) is 2.05. The van der Waals surface area contributed by atoms with E-state index in [2.05, 4.69) is 35.3 Å². The summed E-state index contributed by atoms with van der Waals surface area (Å²) in [4.78, 5) is 0. The molecular weight excluding hydrogens is 174 g/mol. The summed E-state index contributed by atoms with van der Waals surface area (Å²) in [5.74, 6) is 0.633. The number of nitrogens with two attached hydrogens (primary N) is 1. The van der Waals surface area contributed by atoms with Gasteiger partial charge < -0.3 is 5.73 Å². The Bertz CT molecular complexity index is 511.